The van der Waals surface area contributed by atoms with E-state index >= 15 is 0 Å². The number of carboxylic acids is 3. The smallest absolute Gasteiger partial charge is 0.326 e. The van der Waals surface area contributed by atoms with Gasteiger partial charge in [0.2, 0.25) is 41.4 Å². The summed E-state index contributed by atoms with van der Waals surface area (Å²) >= 11 is 0.571. The van der Waals surface area contributed by atoms with Gasteiger partial charge in [-0.25, -0.2) is 9.78 Å². The van der Waals surface area contributed by atoms with Crippen molar-refractivity contribution in [3.63, 3.8) is 0 Å². The summed E-state index contributed by atoms with van der Waals surface area (Å²) in [5, 5.41) is 48.1. The molecule has 1 aliphatic heterocycles. The van der Waals surface area contributed by atoms with Gasteiger partial charge in [0, 0.05) is 49.5 Å². The van der Waals surface area contributed by atoms with E-state index in [9.17, 15) is 77.6 Å². The zero-order chi connectivity index (χ0) is 58.8. The second kappa shape index (κ2) is 29.5. The van der Waals surface area contributed by atoms with Crippen molar-refractivity contribution in [1.82, 2.24) is 57.5 Å². The number of hydrogen-bond acceptors (Lipinski definition) is 15. The second-order valence-corrected chi connectivity index (χ2v) is 21.1. The van der Waals surface area contributed by atoms with Crippen LogP contribution in [0.15, 0.2) is 43.0 Å². The number of H-pyrrole nitrogens is 2. The van der Waals surface area contributed by atoms with Gasteiger partial charge in [0.15, 0.2) is 16.9 Å². The van der Waals surface area contributed by atoms with E-state index in [1.54, 1.807) is 65.9 Å². The molecule has 27 nitrogen and oxygen atoms in total. The maximum atomic E-state index is 14.2. The highest BCUT2D eigenvalue weighted by Gasteiger charge is 2.42. The number of carbonyl (C=O) groups excluding carboxylic acids is 10. The number of imidazole rings is 1. The molecule has 8 amide bonds. The summed E-state index contributed by atoms with van der Waals surface area (Å²) in [6, 6.07) is -5.88. The van der Waals surface area contributed by atoms with Gasteiger partial charge in [0.1, 0.15) is 42.3 Å². The first-order valence-corrected chi connectivity index (χ1v) is 26.4. The molecule has 1 saturated heterocycles. The van der Waals surface area contributed by atoms with E-state index in [-0.39, 0.29) is 30.9 Å². The third kappa shape index (κ3) is 18.8. The number of para-hydroxylation sites is 1. The third-order valence-corrected chi connectivity index (χ3v) is 14.1. The van der Waals surface area contributed by atoms with Crippen LogP contribution in [0.3, 0.4) is 0 Å². The van der Waals surface area contributed by atoms with Crippen molar-refractivity contribution >= 4 is 98.7 Å². The first-order chi connectivity index (χ1) is 37.2. The molecule has 0 saturated carbocycles. The molecule has 11 atom stereocenters. The number of Topliss-reactive ketones (excluding diaryl/α,β-unsaturated/α-hetero) is 1. The van der Waals surface area contributed by atoms with Gasteiger partial charge in [0.25, 0.3) is 5.91 Å². The summed E-state index contributed by atoms with van der Waals surface area (Å²) in [4.78, 5) is 181. The molecular weight excluding hydrogens is 1050 g/mol. The van der Waals surface area contributed by atoms with E-state index < -0.39 is 167 Å². The molecule has 79 heavy (non-hydrogen) atoms. The minimum Gasteiger partial charge on any atom is -0.481 e. The SMILES string of the molecule is CC[C@H](C)[C@H](NC(=O)[C@H](CC(=O)O)NC(=O)[C@H](CC(C)C)NC(=O)[C@H](Cc1c[nH]cn1)NC(=O)[C@H](CC(=O)O)NC(=O)C1NC(=O)C(SC(C)=O)CC1=O)C(=O)N[C@H](C(=O)N[C@@H](Cc1c[nH]c2ccccc12)C(=O)O)[C@@H](C)CC. The van der Waals surface area contributed by atoms with Crippen molar-refractivity contribution in [2.75, 3.05) is 0 Å². The van der Waals surface area contributed by atoms with Crippen molar-refractivity contribution < 1.29 is 77.6 Å². The van der Waals surface area contributed by atoms with E-state index in [0.717, 1.165) is 10.9 Å². The lowest BCUT2D eigenvalue weighted by Gasteiger charge is -2.31. The number of rotatable bonds is 30. The van der Waals surface area contributed by atoms with Crippen molar-refractivity contribution in [3.8, 4) is 0 Å². The van der Waals surface area contributed by atoms with E-state index in [1.165, 1.54) is 19.4 Å². The Hall–Kier alpha value is -8.17. The third-order valence-electron chi connectivity index (χ3n) is 13.1. The molecule has 28 heteroatoms. The molecule has 1 aliphatic rings. The molecule has 2 unspecified atom stereocenters. The van der Waals surface area contributed by atoms with Crippen molar-refractivity contribution in [1.29, 1.82) is 0 Å². The molecule has 1 aromatic carbocycles. The molecule has 3 aromatic rings. The zero-order valence-corrected chi connectivity index (χ0v) is 45.4. The first kappa shape index (κ1) is 63.4. The number of aliphatic carboxylic acids is 3. The molecule has 430 valence electrons. The fourth-order valence-corrected chi connectivity index (χ4v) is 9.29. The Labute approximate surface area is 457 Å². The number of benzene rings is 1. The fourth-order valence-electron chi connectivity index (χ4n) is 8.46. The molecule has 1 fully saturated rings. The second-order valence-electron chi connectivity index (χ2n) is 19.8. The van der Waals surface area contributed by atoms with Gasteiger partial charge in [-0.1, -0.05) is 84.3 Å². The van der Waals surface area contributed by atoms with Crippen LogP contribution in [0.5, 0.6) is 0 Å². The monoisotopic (exact) mass is 1120 g/mol. The largest absolute Gasteiger partial charge is 0.481 e. The summed E-state index contributed by atoms with van der Waals surface area (Å²) in [7, 11) is 0. The van der Waals surface area contributed by atoms with Crippen molar-refractivity contribution in [3.05, 3.63) is 54.2 Å². The Bertz CT molecular complexity index is 2750. The number of amides is 8. The number of hydrogen-bond donors (Lipinski definition) is 13. The summed E-state index contributed by atoms with van der Waals surface area (Å²) in [6.45, 7) is 11.2. The van der Waals surface area contributed by atoms with E-state index in [4.69, 9.17) is 0 Å². The van der Waals surface area contributed by atoms with Crippen LogP contribution in [0.1, 0.15) is 98.2 Å². The van der Waals surface area contributed by atoms with Gasteiger partial charge in [-0.2, -0.15) is 0 Å². The minimum absolute atomic E-state index is 0.102. The van der Waals surface area contributed by atoms with Crippen LogP contribution >= 0.6 is 11.8 Å². The van der Waals surface area contributed by atoms with Crippen LogP contribution in [-0.4, -0.2) is 160 Å². The van der Waals surface area contributed by atoms with Crippen molar-refractivity contribution in [2.45, 2.75) is 153 Å². The van der Waals surface area contributed by atoms with E-state index in [1.807, 2.05) is 6.07 Å². The summed E-state index contributed by atoms with van der Waals surface area (Å²) in [5.41, 5.74) is 1.56. The van der Waals surface area contributed by atoms with Gasteiger partial charge in [-0.05, 0) is 35.8 Å². The predicted molar refractivity (Wildman–Crippen MR) is 282 cm³/mol. The van der Waals surface area contributed by atoms with E-state index in [2.05, 4.69) is 57.5 Å². The first-order valence-electron chi connectivity index (χ1n) is 25.5. The topological polar surface area (TPSA) is 423 Å². The Balaban J connectivity index is 1.53. The molecule has 4 rings (SSSR count). The molecule has 0 spiro atoms. The van der Waals surface area contributed by atoms with Crippen LogP contribution in [-0.2, 0) is 75.2 Å². The molecule has 13 N–H and O–H groups in total. The number of carbonyl (C=O) groups is 13. The van der Waals surface area contributed by atoms with Gasteiger partial charge in [0.05, 0.1) is 30.1 Å². The van der Waals surface area contributed by atoms with Gasteiger partial charge >= 0.3 is 17.9 Å². The number of ketones is 1. The van der Waals surface area contributed by atoms with Crippen LogP contribution < -0.4 is 42.5 Å². The molecule has 0 aliphatic carbocycles. The summed E-state index contributed by atoms with van der Waals surface area (Å²) < 4.78 is 0. The Morgan fingerprint density at radius 3 is 1.73 bits per heavy atom. The Morgan fingerprint density at radius 1 is 0.658 bits per heavy atom. The molecule has 3 heterocycles. The summed E-state index contributed by atoms with van der Waals surface area (Å²) in [6.07, 6.45) is 1.59. The average molecular weight is 1120 g/mol. The quantitative estimate of drug-likeness (QED) is 0.0369. The zero-order valence-electron chi connectivity index (χ0n) is 44.6. The van der Waals surface area contributed by atoms with Crippen LogP contribution in [0.25, 0.3) is 10.9 Å². The number of nitrogens with one attached hydrogen (secondary N) is 10. The molecule has 0 radical (unpaired) electrons. The number of fused-ring (bicyclic) bond motifs is 1. The van der Waals surface area contributed by atoms with Gasteiger partial charge < -0.3 is 67.8 Å². The number of thioether (sulfide) groups is 1. The minimum atomic E-state index is -1.95. The maximum Gasteiger partial charge on any atom is 0.326 e. The lowest BCUT2D eigenvalue weighted by molar-refractivity contribution is -0.143. The number of aromatic amines is 2. The Kier molecular flexibility index (Phi) is 23.7. The van der Waals surface area contributed by atoms with E-state index in [0.29, 0.717) is 23.7 Å². The van der Waals surface area contributed by atoms with Crippen LogP contribution in [0, 0.1) is 17.8 Å². The number of nitrogens with zero attached hydrogens (tertiary/aromatic N) is 1. The van der Waals surface area contributed by atoms with Gasteiger partial charge in [-0.3, -0.25) is 57.5 Å². The number of piperidine rings is 1. The van der Waals surface area contributed by atoms with Crippen LogP contribution in [0.4, 0.5) is 0 Å². The normalized spacial score (nSPS) is 17.7. The van der Waals surface area contributed by atoms with Crippen LogP contribution in [0.2, 0.25) is 0 Å². The highest BCUT2D eigenvalue weighted by molar-refractivity contribution is 8.14. The predicted octanol–water partition coefficient (Wildman–Crippen LogP) is -0.652. The highest BCUT2D eigenvalue weighted by Crippen LogP contribution is 2.22. The molecular formula is C51H69N11O16S. The summed E-state index contributed by atoms with van der Waals surface area (Å²) in [5.74, 6) is -15.2. The van der Waals surface area contributed by atoms with Crippen molar-refractivity contribution in [2.24, 2.45) is 17.8 Å². The maximum absolute atomic E-state index is 14.2. The fraction of sp³-hybridized carbons (Fsp3) is 0.529. The Morgan fingerprint density at radius 2 is 1.18 bits per heavy atom. The average Bonchev–Trinajstić information content (AvgIpc) is 4.08. The molecule has 2 aromatic heterocycles. The lowest BCUT2D eigenvalue weighted by Crippen LogP contribution is -2.62. The lowest BCUT2D eigenvalue weighted by atomic mass is 9.94. The highest BCUT2D eigenvalue weighted by atomic mass is 32.2. The number of carboxylic acid groups (broad SMARTS) is 3. The standard InChI is InChI=1S/C51H69N11O16S/c1-8-24(5)40(48(74)59-35(51(77)78)15-27-20-53-30-13-11-10-12-29(27)30)61-49(75)41(25(6)9-2)60-46(72)34(18-39(67)68)57-43(69)31(14-23(3)4)55-44(70)32(16-28-21-52-22-54-28)56-45(71)33(17-38(65)66)58-50(76)42-36(64)19-37(47(73)62-42)79-26(7)63/h10-13,20-25,31-35,37,40-42,53H,8-9,14-19H2,1-7H3,(H,52,54)(H,55,70)(H,56,71)(H,57,69)(H,58,76)(H,59,74)(H,60,72)(H,61,75)(H,62,73)(H,65,66)(H,67,68)(H,77,78)/t24-,25-,31-,32-,33-,34-,35-,37?,40-,41-,42?/m0/s1. The number of aromatic nitrogens is 3. The molecule has 0 bridgehead atoms. The van der Waals surface area contributed by atoms with Gasteiger partial charge in [-0.15, -0.1) is 0 Å².